The van der Waals surface area contributed by atoms with Gasteiger partial charge in [0.2, 0.25) is 0 Å². The Morgan fingerprint density at radius 1 is 1.06 bits per heavy atom. The number of benzene rings is 2. The molecule has 3 amide bonds. The third-order valence-corrected chi connectivity index (χ3v) is 5.90. The molecular formula is C25H31N3O6. The number of carbonyl (C=O) groups excluding carboxylic acids is 2. The molecule has 0 saturated carbocycles. The average Bonchev–Trinajstić information content (AvgIpc) is 2.91. The Kier molecular flexibility index (Phi) is 8.48. The zero-order chi connectivity index (χ0) is 23.8. The van der Waals surface area contributed by atoms with E-state index in [1.54, 1.807) is 21.9 Å². The lowest BCUT2D eigenvalue weighted by Crippen LogP contribution is -2.48. The molecule has 1 atom stereocenters. The van der Waals surface area contributed by atoms with Crippen LogP contribution in [-0.4, -0.2) is 61.1 Å². The third kappa shape index (κ3) is 6.32. The number of nitrogens with one attached hydrogen (secondary N) is 1. The molecule has 2 aromatic carbocycles. The van der Waals surface area contributed by atoms with Crippen LogP contribution in [0.2, 0.25) is 0 Å². The van der Waals surface area contributed by atoms with Gasteiger partial charge in [0.25, 0.3) is 5.91 Å². The van der Waals surface area contributed by atoms with Gasteiger partial charge in [-0.15, -0.1) is 0 Å². The van der Waals surface area contributed by atoms with Gasteiger partial charge in [0, 0.05) is 37.4 Å². The van der Waals surface area contributed by atoms with Crippen LogP contribution < -0.4 is 10.4 Å². The Labute approximate surface area is 199 Å². The molecule has 0 aliphatic carbocycles. The van der Waals surface area contributed by atoms with E-state index in [-0.39, 0.29) is 18.5 Å². The minimum atomic E-state index is -0.411. The summed E-state index contributed by atoms with van der Waals surface area (Å²) in [6.07, 6.45) is 2.36. The molecule has 2 heterocycles. The minimum Gasteiger partial charge on any atom is -0.392 e. The maximum absolute atomic E-state index is 13.4. The topological polar surface area (TPSA) is 101 Å². The maximum atomic E-state index is 13.4. The Hall–Kier alpha value is -2.98. The van der Waals surface area contributed by atoms with Crippen LogP contribution in [0.4, 0.5) is 10.5 Å². The summed E-state index contributed by atoms with van der Waals surface area (Å²) in [6, 6.07) is 14.2. The second-order valence-corrected chi connectivity index (χ2v) is 8.34. The van der Waals surface area contributed by atoms with Crippen molar-refractivity contribution in [1.29, 1.82) is 0 Å². The lowest BCUT2D eigenvalue weighted by atomic mass is 10.1. The number of nitrogens with zero attached hydrogens (tertiary/aromatic N) is 2. The molecule has 2 fully saturated rings. The zero-order valence-electron chi connectivity index (χ0n) is 19.2. The second kappa shape index (κ2) is 11.9. The van der Waals surface area contributed by atoms with E-state index < -0.39 is 6.29 Å². The van der Waals surface area contributed by atoms with Gasteiger partial charge in [-0.25, -0.2) is 15.1 Å². The Bertz CT molecular complexity index is 955. The molecule has 0 radical (unpaired) electrons. The van der Waals surface area contributed by atoms with E-state index in [0.29, 0.717) is 50.7 Å². The van der Waals surface area contributed by atoms with Crippen molar-refractivity contribution < 1.29 is 29.0 Å². The quantitative estimate of drug-likeness (QED) is 0.605. The SMILES string of the molecule is O=C(NOC1CCCCO1)c1ccc(CN(C(=O)N2CCOCC2)c2cccc(CO)c2)cc1. The van der Waals surface area contributed by atoms with Gasteiger partial charge in [-0.05, 0) is 48.2 Å². The Balaban J connectivity index is 1.44. The highest BCUT2D eigenvalue weighted by molar-refractivity contribution is 5.94. The first-order valence-electron chi connectivity index (χ1n) is 11.6. The van der Waals surface area contributed by atoms with Crippen LogP contribution in [0.5, 0.6) is 0 Å². The normalized spacial score (nSPS) is 18.4. The van der Waals surface area contributed by atoms with Gasteiger partial charge >= 0.3 is 6.03 Å². The Morgan fingerprint density at radius 3 is 2.56 bits per heavy atom. The second-order valence-electron chi connectivity index (χ2n) is 8.34. The Morgan fingerprint density at radius 2 is 1.85 bits per heavy atom. The van der Waals surface area contributed by atoms with Gasteiger partial charge in [-0.2, -0.15) is 0 Å². The van der Waals surface area contributed by atoms with Crippen molar-refractivity contribution >= 4 is 17.6 Å². The van der Waals surface area contributed by atoms with Crippen LogP contribution in [0.1, 0.15) is 40.7 Å². The van der Waals surface area contributed by atoms with E-state index >= 15 is 0 Å². The summed E-state index contributed by atoms with van der Waals surface area (Å²) in [5.74, 6) is -0.349. The molecule has 34 heavy (non-hydrogen) atoms. The van der Waals surface area contributed by atoms with E-state index in [0.717, 1.165) is 30.4 Å². The molecule has 4 rings (SSSR count). The van der Waals surface area contributed by atoms with Gasteiger partial charge in [0.1, 0.15) is 0 Å². The first-order chi connectivity index (χ1) is 16.6. The van der Waals surface area contributed by atoms with E-state index in [1.807, 2.05) is 36.4 Å². The van der Waals surface area contributed by atoms with Gasteiger partial charge in [-0.3, -0.25) is 9.69 Å². The molecular weight excluding hydrogens is 438 g/mol. The van der Waals surface area contributed by atoms with Crippen LogP contribution in [0.15, 0.2) is 48.5 Å². The first kappa shape index (κ1) is 24.2. The fraction of sp³-hybridized carbons (Fsp3) is 0.440. The van der Waals surface area contributed by atoms with Crippen molar-refractivity contribution in [1.82, 2.24) is 10.4 Å². The lowest BCUT2D eigenvalue weighted by Gasteiger charge is -2.33. The monoisotopic (exact) mass is 469 g/mol. The summed E-state index contributed by atoms with van der Waals surface area (Å²) in [6.45, 7) is 2.92. The van der Waals surface area contributed by atoms with Crippen LogP contribution >= 0.6 is 0 Å². The number of hydrogen-bond donors (Lipinski definition) is 2. The number of morpholine rings is 1. The van der Waals surface area contributed by atoms with Gasteiger partial charge in [-0.1, -0.05) is 24.3 Å². The number of anilines is 1. The van der Waals surface area contributed by atoms with E-state index in [9.17, 15) is 14.7 Å². The predicted molar refractivity (Wildman–Crippen MR) is 125 cm³/mol. The number of carbonyl (C=O) groups is 2. The summed E-state index contributed by atoms with van der Waals surface area (Å²) >= 11 is 0. The summed E-state index contributed by atoms with van der Waals surface area (Å²) in [7, 11) is 0. The minimum absolute atomic E-state index is 0.106. The number of amides is 3. The van der Waals surface area contributed by atoms with E-state index in [1.165, 1.54) is 0 Å². The van der Waals surface area contributed by atoms with Crippen LogP contribution in [-0.2, 0) is 27.5 Å². The average molecular weight is 470 g/mol. The fourth-order valence-corrected chi connectivity index (χ4v) is 3.94. The molecule has 9 heteroatoms. The molecule has 2 N–H and O–H groups in total. The third-order valence-electron chi connectivity index (χ3n) is 5.90. The predicted octanol–water partition coefficient (Wildman–Crippen LogP) is 2.83. The molecule has 2 aliphatic rings. The smallest absolute Gasteiger partial charge is 0.324 e. The molecule has 0 bridgehead atoms. The number of aliphatic hydroxyl groups excluding tert-OH is 1. The summed E-state index contributed by atoms with van der Waals surface area (Å²) < 4.78 is 10.8. The number of aliphatic hydroxyl groups is 1. The molecule has 0 spiro atoms. The number of rotatable bonds is 7. The van der Waals surface area contributed by atoms with Crippen LogP contribution in [0.25, 0.3) is 0 Å². The molecule has 182 valence electrons. The molecule has 9 nitrogen and oxygen atoms in total. The summed E-state index contributed by atoms with van der Waals surface area (Å²) in [5.41, 5.74) is 5.20. The van der Waals surface area contributed by atoms with E-state index in [4.69, 9.17) is 14.3 Å². The number of urea groups is 1. The van der Waals surface area contributed by atoms with Crippen LogP contribution in [0, 0.1) is 0 Å². The lowest BCUT2D eigenvalue weighted by molar-refractivity contribution is -0.186. The number of ether oxygens (including phenoxy) is 2. The van der Waals surface area contributed by atoms with Gasteiger partial charge in [0.15, 0.2) is 6.29 Å². The standard InChI is InChI=1S/C25H31N3O6/c29-18-20-4-3-5-22(16-20)28(25(31)27-11-14-32-15-12-27)17-19-7-9-21(10-8-19)24(30)26-34-23-6-1-2-13-33-23/h3-5,7-10,16,23,29H,1-2,6,11-15,17-18H2,(H,26,30). The van der Waals surface area contributed by atoms with E-state index in [2.05, 4.69) is 5.48 Å². The van der Waals surface area contributed by atoms with Crippen molar-refractivity contribution in [2.75, 3.05) is 37.8 Å². The largest absolute Gasteiger partial charge is 0.392 e. The van der Waals surface area contributed by atoms with Crippen molar-refractivity contribution in [3.8, 4) is 0 Å². The molecule has 2 aromatic rings. The highest BCUT2D eigenvalue weighted by Gasteiger charge is 2.25. The molecule has 1 unspecified atom stereocenters. The van der Waals surface area contributed by atoms with Crippen molar-refractivity contribution in [3.05, 3.63) is 65.2 Å². The maximum Gasteiger partial charge on any atom is 0.324 e. The highest BCUT2D eigenvalue weighted by Crippen LogP contribution is 2.22. The molecule has 0 aromatic heterocycles. The molecule has 2 saturated heterocycles. The summed E-state index contributed by atoms with van der Waals surface area (Å²) in [5, 5.41) is 9.54. The van der Waals surface area contributed by atoms with Crippen LogP contribution in [0.3, 0.4) is 0 Å². The van der Waals surface area contributed by atoms with Crippen molar-refractivity contribution in [3.63, 3.8) is 0 Å². The summed E-state index contributed by atoms with van der Waals surface area (Å²) in [4.78, 5) is 34.6. The fourth-order valence-electron chi connectivity index (χ4n) is 3.94. The number of hydrogen-bond acceptors (Lipinski definition) is 6. The van der Waals surface area contributed by atoms with Crippen molar-refractivity contribution in [2.24, 2.45) is 0 Å². The van der Waals surface area contributed by atoms with Gasteiger partial charge < -0.3 is 19.5 Å². The highest BCUT2D eigenvalue weighted by atomic mass is 16.8. The number of hydroxylamine groups is 1. The van der Waals surface area contributed by atoms with Gasteiger partial charge in [0.05, 0.1) is 26.4 Å². The molecule has 2 aliphatic heterocycles. The first-order valence-corrected chi connectivity index (χ1v) is 11.6. The zero-order valence-corrected chi connectivity index (χ0v) is 19.2. The van der Waals surface area contributed by atoms with Crippen molar-refractivity contribution in [2.45, 2.75) is 38.7 Å².